The highest BCUT2D eigenvalue weighted by Crippen LogP contribution is 2.09. The zero-order valence-electron chi connectivity index (χ0n) is 7.74. The van der Waals surface area contributed by atoms with Crippen molar-refractivity contribution < 1.29 is 14.5 Å². The molecule has 2 N–H and O–H groups in total. The van der Waals surface area contributed by atoms with Crippen molar-refractivity contribution >= 4 is 0 Å². The third kappa shape index (κ3) is 2.57. The van der Waals surface area contributed by atoms with Crippen molar-refractivity contribution in [1.82, 2.24) is 0 Å². The fraction of sp³-hybridized carbons (Fsp3) is 0.600. The van der Waals surface area contributed by atoms with Gasteiger partial charge < -0.3 is 14.5 Å². The second kappa shape index (κ2) is 4.44. The van der Waals surface area contributed by atoms with Crippen LogP contribution in [0.4, 0.5) is 0 Å². The van der Waals surface area contributed by atoms with Crippen LogP contribution in [0.2, 0.25) is 0 Å². The summed E-state index contributed by atoms with van der Waals surface area (Å²) in [6.07, 6.45) is 4.62. The summed E-state index contributed by atoms with van der Waals surface area (Å²) in [6, 6.07) is 3.93. The van der Waals surface area contributed by atoms with Crippen LogP contribution in [0.1, 0.15) is 18.6 Å². The predicted molar refractivity (Wildman–Crippen MR) is 48.2 cm³/mol. The van der Waals surface area contributed by atoms with Crippen LogP contribution in [0.25, 0.3) is 0 Å². The minimum atomic E-state index is 0.468. The smallest absolute Gasteiger partial charge is 0.157 e. The summed E-state index contributed by atoms with van der Waals surface area (Å²) >= 11 is 0. The zero-order valence-corrected chi connectivity index (χ0v) is 7.74. The van der Waals surface area contributed by atoms with Crippen molar-refractivity contribution in [2.45, 2.75) is 25.5 Å². The van der Waals surface area contributed by atoms with E-state index in [1.165, 1.54) is 12.8 Å². The maximum Gasteiger partial charge on any atom is 0.157 e. The van der Waals surface area contributed by atoms with E-state index in [0.29, 0.717) is 6.10 Å². The van der Waals surface area contributed by atoms with Crippen molar-refractivity contribution in [3.63, 3.8) is 0 Å². The van der Waals surface area contributed by atoms with E-state index < -0.39 is 0 Å². The Balaban J connectivity index is 1.63. The van der Waals surface area contributed by atoms with E-state index in [9.17, 15) is 0 Å². The van der Waals surface area contributed by atoms with Crippen LogP contribution < -0.4 is 5.32 Å². The normalized spacial score (nSPS) is 22.3. The van der Waals surface area contributed by atoms with Crippen molar-refractivity contribution in [3.05, 3.63) is 24.2 Å². The molecular formula is C10H16NO2+. The zero-order chi connectivity index (χ0) is 8.93. The quantitative estimate of drug-likeness (QED) is 0.737. The van der Waals surface area contributed by atoms with Crippen molar-refractivity contribution in [1.29, 1.82) is 0 Å². The van der Waals surface area contributed by atoms with Crippen molar-refractivity contribution in [2.75, 3.05) is 13.2 Å². The molecule has 1 aromatic heterocycles. The van der Waals surface area contributed by atoms with Crippen molar-refractivity contribution in [2.24, 2.45) is 0 Å². The summed E-state index contributed by atoms with van der Waals surface area (Å²) in [4.78, 5) is 0. The van der Waals surface area contributed by atoms with Crippen LogP contribution in [-0.2, 0) is 11.3 Å². The highest BCUT2D eigenvalue weighted by Gasteiger charge is 2.16. The van der Waals surface area contributed by atoms with Crippen LogP contribution in [0, 0.1) is 0 Å². The van der Waals surface area contributed by atoms with Crippen LogP contribution in [0.15, 0.2) is 22.8 Å². The number of furan rings is 1. The third-order valence-electron chi connectivity index (χ3n) is 2.38. The van der Waals surface area contributed by atoms with Gasteiger partial charge in [0.25, 0.3) is 0 Å². The first-order valence-electron chi connectivity index (χ1n) is 4.91. The van der Waals surface area contributed by atoms with Gasteiger partial charge in [0.2, 0.25) is 0 Å². The Morgan fingerprint density at radius 1 is 1.54 bits per heavy atom. The second-order valence-electron chi connectivity index (χ2n) is 3.44. The Bertz CT molecular complexity index is 227. The summed E-state index contributed by atoms with van der Waals surface area (Å²) in [5, 5.41) is 2.24. The van der Waals surface area contributed by atoms with Gasteiger partial charge in [-0.05, 0) is 25.0 Å². The van der Waals surface area contributed by atoms with E-state index in [2.05, 4.69) is 5.32 Å². The molecule has 1 atom stereocenters. The SMILES string of the molecule is c1coc(C[NH2+]C[C@@H]2CCCO2)c1. The molecule has 1 aliphatic rings. The molecule has 0 aliphatic carbocycles. The average molecular weight is 182 g/mol. The van der Waals surface area contributed by atoms with Crippen LogP contribution >= 0.6 is 0 Å². The lowest BCUT2D eigenvalue weighted by Crippen LogP contribution is -2.84. The monoisotopic (exact) mass is 182 g/mol. The minimum absolute atomic E-state index is 0.468. The van der Waals surface area contributed by atoms with E-state index in [1.807, 2.05) is 12.1 Å². The average Bonchev–Trinajstić information content (AvgIpc) is 2.75. The van der Waals surface area contributed by atoms with Gasteiger partial charge in [0.1, 0.15) is 19.2 Å². The van der Waals surface area contributed by atoms with Gasteiger partial charge in [-0.15, -0.1) is 0 Å². The maximum atomic E-state index is 5.51. The largest absolute Gasteiger partial charge is 0.463 e. The molecular weight excluding hydrogens is 166 g/mol. The van der Waals surface area contributed by atoms with E-state index >= 15 is 0 Å². The number of rotatable bonds is 4. The standard InChI is InChI=1S/C10H15NO2/c1-3-9(12-5-1)7-11-8-10-4-2-6-13-10/h1,3,5,10-11H,2,4,6-8H2/p+1/t10-/m0/s1. The molecule has 0 radical (unpaired) electrons. The van der Waals surface area contributed by atoms with Gasteiger partial charge in [0.15, 0.2) is 5.76 Å². The summed E-state index contributed by atoms with van der Waals surface area (Å²) < 4.78 is 10.7. The van der Waals surface area contributed by atoms with Crippen LogP contribution in [0.3, 0.4) is 0 Å². The van der Waals surface area contributed by atoms with E-state index in [4.69, 9.17) is 9.15 Å². The molecule has 0 spiro atoms. The first kappa shape index (κ1) is 8.78. The van der Waals surface area contributed by atoms with Gasteiger partial charge in [-0.3, -0.25) is 0 Å². The number of quaternary nitrogens is 1. The van der Waals surface area contributed by atoms with E-state index in [1.54, 1.807) is 6.26 Å². The van der Waals surface area contributed by atoms with Gasteiger partial charge in [-0.2, -0.15) is 0 Å². The molecule has 0 unspecified atom stereocenters. The highest BCUT2D eigenvalue weighted by atomic mass is 16.5. The number of ether oxygens (including phenoxy) is 1. The van der Waals surface area contributed by atoms with Crippen LogP contribution in [-0.4, -0.2) is 19.3 Å². The Morgan fingerprint density at radius 2 is 2.54 bits per heavy atom. The fourth-order valence-electron chi connectivity index (χ4n) is 1.67. The Hall–Kier alpha value is -0.800. The van der Waals surface area contributed by atoms with Gasteiger partial charge in [-0.25, -0.2) is 0 Å². The molecule has 0 aromatic carbocycles. The molecule has 0 amide bonds. The molecule has 0 bridgehead atoms. The highest BCUT2D eigenvalue weighted by molar-refractivity contribution is 4.95. The number of nitrogens with two attached hydrogens (primary N) is 1. The summed E-state index contributed by atoms with van der Waals surface area (Å²) in [6.45, 7) is 2.92. The molecule has 3 heteroatoms. The second-order valence-corrected chi connectivity index (χ2v) is 3.44. The van der Waals surface area contributed by atoms with E-state index in [0.717, 1.165) is 25.5 Å². The van der Waals surface area contributed by atoms with Gasteiger partial charge in [0, 0.05) is 6.61 Å². The Labute approximate surface area is 78.1 Å². The molecule has 1 saturated heterocycles. The number of hydrogen-bond donors (Lipinski definition) is 1. The first-order chi connectivity index (χ1) is 6.45. The molecule has 3 nitrogen and oxygen atoms in total. The topological polar surface area (TPSA) is 39.0 Å². The van der Waals surface area contributed by atoms with Gasteiger partial charge in [0.05, 0.1) is 6.26 Å². The molecule has 1 fully saturated rings. The molecule has 0 saturated carbocycles. The molecule has 1 aliphatic heterocycles. The molecule has 72 valence electrons. The molecule has 2 heterocycles. The molecule has 2 rings (SSSR count). The molecule has 13 heavy (non-hydrogen) atoms. The third-order valence-corrected chi connectivity index (χ3v) is 2.38. The summed E-state index contributed by atoms with van der Waals surface area (Å²) in [7, 11) is 0. The Kier molecular flexibility index (Phi) is 3.00. The lowest BCUT2D eigenvalue weighted by molar-refractivity contribution is -0.677. The minimum Gasteiger partial charge on any atom is -0.463 e. The lowest BCUT2D eigenvalue weighted by Gasteiger charge is -2.06. The molecule has 1 aromatic rings. The van der Waals surface area contributed by atoms with Crippen molar-refractivity contribution in [3.8, 4) is 0 Å². The summed E-state index contributed by atoms with van der Waals surface area (Å²) in [5.74, 6) is 1.04. The van der Waals surface area contributed by atoms with Gasteiger partial charge in [-0.1, -0.05) is 0 Å². The fourth-order valence-corrected chi connectivity index (χ4v) is 1.67. The first-order valence-corrected chi connectivity index (χ1v) is 4.91. The number of hydrogen-bond acceptors (Lipinski definition) is 2. The van der Waals surface area contributed by atoms with E-state index in [-0.39, 0.29) is 0 Å². The Morgan fingerprint density at radius 3 is 3.23 bits per heavy atom. The predicted octanol–water partition coefficient (Wildman–Crippen LogP) is 0.522. The lowest BCUT2D eigenvalue weighted by atomic mass is 10.2. The van der Waals surface area contributed by atoms with Crippen LogP contribution in [0.5, 0.6) is 0 Å². The maximum absolute atomic E-state index is 5.51. The van der Waals surface area contributed by atoms with Gasteiger partial charge >= 0.3 is 0 Å². The summed E-state index contributed by atoms with van der Waals surface area (Å²) in [5.41, 5.74) is 0.